The van der Waals surface area contributed by atoms with Crippen molar-refractivity contribution in [3.05, 3.63) is 60.2 Å². The van der Waals surface area contributed by atoms with Crippen molar-refractivity contribution in [2.24, 2.45) is 17.8 Å². The van der Waals surface area contributed by atoms with Gasteiger partial charge in [0.25, 0.3) is 10.0 Å². The van der Waals surface area contributed by atoms with E-state index in [9.17, 15) is 8.42 Å². The first-order valence-electron chi connectivity index (χ1n) is 8.04. The second kappa shape index (κ2) is 6.00. The third-order valence-electron chi connectivity index (χ3n) is 5.19. The van der Waals surface area contributed by atoms with E-state index in [0.717, 1.165) is 24.2 Å². The predicted molar refractivity (Wildman–Crippen MR) is 94.0 cm³/mol. The molecule has 0 spiro atoms. The lowest BCUT2D eigenvalue weighted by atomic mass is 10.1. The molecule has 0 radical (unpaired) electrons. The Balaban J connectivity index is 1.84. The molecule has 2 aromatic rings. The van der Waals surface area contributed by atoms with E-state index in [1.165, 1.54) is 9.87 Å². The maximum atomic E-state index is 12.7. The zero-order valence-corrected chi connectivity index (χ0v) is 14.6. The summed E-state index contributed by atoms with van der Waals surface area (Å²) in [6.45, 7) is 4.57. The highest BCUT2D eigenvalue weighted by Gasteiger charge is 2.42. The third-order valence-corrected chi connectivity index (χ3v) is 6.99. The predicted octanol–water partition coefficient (Wildman–Crippen LogP) is 3.96. The van der Waals surface area contributed by atoms with Crippen molar-refractivity contribution >= 4 is 15.7 Å². The van der Waals surface area contributed by atoms with E-state index >= 15 is 0 Å². The van der Waals surface area contributed by atoms with E-state index in [4.69, 9.17) is 0 Å². The fourth-order valence-corrected chi connectivity index (χ4v) is 4.39. The maximum Gasteiger partial charge on any atom is 0.264 e. The summed E-state index contributed by atoms with van der Waals surface area (Å²) in [5, 5.41) is 0. The van der Waals surface area contributed by atoms with Gasteiger partial charge < -0.3 is 0 Å². The fraction of sp³-hybridized carbons (Fsp3) is 0.368. The highest BCUT2D eigenvalue weighted by molar-refractivity contribution is 7.92. The second-order valence-electron chi connectivity index (χ2n) is 6.54. The van der Waals surface area contributed by atoms with Crippen molar-refractivity contribution in [3.63, 3.8) is 0 Å². The average Bonchev–Trinajstić information content (AvgIpc) is 3.13. The number of benzene rings is 2. The fourth-order valence-electron chi connectivity index (χ4n) is 3.18. The Morgan fingerprint density at radius 2 is 1.61 bits per heavy atom. The first-order valence-corrected chi connectivity index (χ1v) is 9.48. The summed E-state index contributed by atoms with van der Waals surface area (Å²) in [4.78, 5) is 0.317. The van der Waals surface area contributed by atoms with Gasteiger partial charge in [0.1, 0.15) is 0 Å². The lowest BCUT2D eigenvalue weighted by molar-refractivity contribution is 0.594. The molecule has 0 aliphatic heterocycles. The number of nitrogens with zero attached hydrogens (tertiary/aromatic N) is 1. The summed E-state index contributed by atoms with van der Waals surface area (Å²) in [7, 11) is -1.89. The Morgan fingerprint density at radius 1 is 0.957 bits per heavy atom. The molecular weight excluding hydrogens is 306 g/mol. The number of rotatable bonds is 5. The van der Waals surface area contributed by atoms with Gasteiger partial charge in [0, 0.05) is 7.05 Å². The molecule has 1 fully saturated rings. The van der Waals surface area contributed by atoms with Gasteiger partial charge in [-0.3, -0.25) is 4.31 Å². The van der Waals surface area contributed by atoms with Gasteiger partial charge in [0.15, 0.2) is 0 Å². The Labute approximate surface area is 139 Å². The average molecular weight is 329 g/mol. The van der Waals surface area contributed by atoms with Crippen LogP contribution in [0.5, 0.6) is 0 Å². The van der Waals surface area contributed by atoms with E-state index in [1.807, 2.05) is 24.3 Å². The van der Waals surface area contributed by atoms with Crippen LogP contribution in [-0.4, -0.2) is 15.5 Å². The van der Waals surface area contributed by atoms with E-state index in [1.54, 1.807) is 31.3 Å². The van der Waals surface area contributed by atoms with Gasteiger partial charge in [-0.05, 0) is 54.0 Å². The van der Waals surface area contributed by atoms with Gasteiger partial charge >= 0.3 is 0 Å². The number of hydrogen-bond donors (Lipinski definition) is 0. The molecule has 2 unspecified atom stereocenters. The molecule has 1 aliphatic carbocycles. The lowest BCUT2D eigenvalue weighted by Crippen LogP contribution is -2.26. The van der Waals surface area contributed by atoms with Gasteiger partial charge in [0.2, 0.25) is 0 Å². The van der Waals surface area contributed by atoms with Crippen molar-refractivity contribution in [1.82, 2.24) is 0 Å². The summed E-state index contributed by atoms with van der Waals surface area (Å²) >= 11 is 0. The second-order valence-corrected chi connectivity index (χ2v) is 8.51. The van der Waals surface area contributed by atoms with Gasteiger partial charge in [-0.25, -0.2) is 8.42 Å². The summed E-state index contributed by atoms with van der Waals surface area (Å²) < 4.78 is 26.8. The van der Waals surface area contributed by atoms with Crippen molar-refractivity contribution in [3.8, 4) is 0 Å². The quantitative estimate of drug-likeness (QED) is 0.833. The highest BCUT2D eigenvalue weighted by atomic mass is 32.2. The van der Waals surface area contributed by atoms with Crippen LogP contribution in [0, 0.1) is 17.8 Å². The third kappa shape index (κ3) is 3.13. The van der Waals surface area contributed by atoms with Crippen LogP contribution in [-0.2, 0) is 16.4 Å². The molecule has 2 atom stereocenters. The summed E-state index contributed by atoms with van der Waals surface area (Å²) in [5.41, 5.74) is 1.92. The van der Waals surface area contributed by atoms with Crippen molar-refractivity contribution in [1.29, 1.82) is 0 Å². The molecule has 2 aromatic carbocycles. The molecule has 0 amide bonds. The van der Waals surface area contributed by atoms with Crippen molar-refractivity contribution in [2.45, 2.75) is 25.2 Å². The topological polar surface area (TPSA) is 37.4 Å². The van der Waals surface area contributed by atoms with Crippen LogP contribution >= 0.6 is 0 Å². The largest absolute Gasteiger partial charge is 0.269 e. The first kappa shape index (κ1) is 16.1. The standard InChI is InChI=1S/C19H23NO2S/c1-14-15(2)19(14)13-16-8-7-9-17(12-16)20(3)23(21,22)18-10-5-4-6-11-18/h4-12,14-15,19H,13H2,1-3H3. The summed E-state index contributed by atoms with van der Waals surface area (Å²) in [6.07, 6.45) is 1.02. The van der Waals surface area contributed by atoms with Gasteiger partial charge in [0.05, 0.1) is 10.6 Å². The van der Waals surface area contributed by atoms with Crippen molar-refractivity contribution < 1.29 is 8.42 Å². The molecule has 0 aromatic heterocycles. The molecule has 4 heteroatoms. The molecule has 122 valence electrons. The smallest absolute Gasteiger partial charge is 0.264 e. The molecule has 0 bridgehead atoms. The van der Waals surface area contributed by atoms with Gasteiger partial charge in [-0.2, -0.15) is 0 Å². The molecule has 3 nitrogen and oxygen atoms in total. The van der Waals surface area contributed by atoms with Crippen LogP contribution in [0.3, 0.4) is 0 Å². The van der Waals surface area contributed by atoms with Crippen LogP contribution in [0.2, 0.25) is 0 Å². The maximum absolute atomic E-state index is 12.7. The Kier molecular flexibility index (Phi) is 4.19. The molecule has 1 saturated carbocycles. The summed E-state index contributed by atoms with van der Waals surface area (Å²) in [5.74, 6) is 2.26. The molecule has 23 heavy (non-hydrogen) atoms. The number of sulfonamides is 1. The molecular formula is C19H23NO2S. The Bertz CT molecular complexity index is 778. The lowest BCUT2D eigenvalue weighted by Gasteiger charge is -2.20. The van der Waals surface area contributed by atoms with E-state index in [2.05, 4.69) is 19.9 Å². The molecule has 0 heterocycles. The minimum atomic E-state index is -3.51. The molecule has 0 saturated heterocycles. The normalized spacial score (nSPS) is 23.5. The molecule has 3 rings (SSSR count). The monoisotopic (exact) mass is 329 g/mol. The van der Waals surface area contributed by atoms with Crippen LogP contribution < -0.4 is 4.31 Å². The van der Waals surface area contributed by atoms with E-state index < -0.39 is 10.0 Å². The SMILES string of the molecule is CC1C(C)C1Cc1cccc(N(C)S(=O)(=O)c2ccccc2)c1. The minimum Gasteiger partial charge on any atom is -0.269 e. The highest BCUT2D eigenvalue weighted by Crippen LogP contribution is 2.47. The Hall–Kier alpha value is -1.81. The minimum absolute atomic E-state index is 0.317. The van der Waals surface area contributed by atoms with Crippen LogP contribution in [0.4, 0.5) is 5.69 Å². The van der Waals surface area contributed by atoms with Crippen molar-refractivity contribution in [2.75, 3.05) is 11.4 Å². The van der Waals surface area contributed by atoms with Crippen LogP contribution in [0.25, 0.3) is 0 Å². The molecule has 0 N–H and O–H groups in total. The zero-order chi connectivity index (χ0) is 16.6. The zero-order valence-electron chi connectivity index (χ0n) is 13.8. The van der Waals surface area contributed by atoms with Gasteiger partial charge in [-0.1, -0.05) is 44.2 Å². The number of hydrogen-bond acceptors (Lipinski definition) is 2. The number of anilines is 1. The van der Waals surface area contributed by atoms with Crippen LogP contribution in [0.15, 0.2) is 59.5 Å². The van der Waals surface area contributed by atoms with E-state index in [-0.39, 0.29) is 0 Å². The van der Waals surface area contributed by atoms with Crippen LogP contribution in [0.1, 0.15) is 19.4 Å². The Morgan fingerprint density at radius 3 is 2.22 bits per heavy atom. The molecule has 1 aliphatic rings. The first-order chi connectivity index (χ1) is 10.9. The summed E-state index contributed by atoms with van der Waals surface area (Å²) in [6, 6.07) is 16.4. The van der Waals surface area contributed by atoms with E-state index in [0.29, 0.717) is 10.6 Å². The van der Waals surface area contributed by atoms with Gasteiger partial charge in [-0.15, -0.1) is 0 Å².